The zero-order valence-electron chi connectivity index (χ0n) is 13.1. The maximum absolute atomic E-state index is 3.71. The summed E-state index contributed by atoms with van der Waals surface area (Å²) in [4.78, 5) is 0. The Bertz CT molecular complexity index is 596. The summed E-state index contributed by atoms with van der Waals surface area (Å²) in [6.45, 7) is 5.47. The minimum absolute atomic E-state index is 0.708. The molecule has 0 saturated heterocycles. The first-order valence-corrected chi connectivity index (χ1v) is 8.07. The van der Waals surface area contributed by atoms with Crippen molar-refractivity contribution in [2.45, 2.75) is 45.1 Å². The van der Waals surface area contributed by atoms with E-state index in [1.54, 1.807) is 0 Å². The van der Waals surface area contributed by atoms with E-state index in [1.807, 2.05) is 0 Å². The predicted octanol–water partition coefficient (Wildman–Crippen LogP) is 4.38. The summed E-state index contributed by atoms with van der Waals surface area (Å²) in [7, 11) is 0. The van der Waals surface area contributed by atoms with Gasteiger partial charge in [0.2, 0.25) is 0 Å². The molecule has 3 rings (SSSR count). The fourth-order valence-corrected chi connectivity index (χ4v) is 3.28. The van der Waals surface area contributed by atoms with E-state index in [-0.39, 0.29) is 0 Å². The molecule has 1 saturated carbocycles. The van der Waals surface area contributed by atoms with Crippen LogP contribution in [0.1, 0.15) is 41.0 Å². The van der Waals surface area contributed by atoms with Crippen molar-refractivity contribution in [2.24, 2.45) is 0 Å². The third-order valence-corrected chi connectivity index (χ3v) is 4.74. The van der Waals surface area contributed by atoms with Gasteiger partial charge in [0.25, 0.3) is 0 Å². The topological polar surface area (TPSA) is 12.0 Å². The van der Waals surface area contributed by atoms with E-state index in [0.29, 0.717) is 6.04 Å². The molecule has 21 heavy (non-hydrogen) atoms. The molecule has 1 nitrogen and oxygen atoms in total. The minimum Gasteiger partial charge on any atom is -0.314 e. The van der Waals surface area contributed by atoms with Crippen LogP contribution in [0.25, 0.3) is 0 Å². The Labute approximate surface area is 128 Å². The van der Waals surface area contributed by atoms with Crippen molar-refractivity contribution < 1.29 is 0 Å². The van der Waals surface area contributed by atoms with Crippen LogP contribution in [0.15, 0.2) is 48.5 Å². The molecule has 0 spiro atoms. The van der Waals surface area contributed by atoms with Crippen LogP contribution in [0, 0.1) is 13.8 Å². The Kier molecular flexibility index (Phi) is 4.40. The first-order valence-electron chi connectivity index (χ1n) is 8.07. The van der Waals surface area contributed by atoms with Crippen LogP contribution in [0.2, 0.25) is 0 Å². The third-order valence-electron chi connectivity index (χ3n) is 4.74. The molecule has 1 fully saturated rings. The molecular formula is C20H25N. The van der Waals surface area contributed by atoms with Crippen molar-refractivity contribution in [1.82, 2.24) is 5.32 Å². The van der Waals surface area contributed by atoms with Crippen molar-refractivity contribution in [3.8, 4) is 0 Å². The summed E-state index contributed by atoms with van der Waals surface area (Å²) in [5, 5.41) is 3.71. The van der Waals surface area contributed by atoms with E-state index in [1.165, 1.54) is 35.1 Å². The highest BCUT2D eigenvalue weighted by molar-refractivity contribution is 5.28. The van der Waals surface area contributed by atoms with E-state index >= 15 is 0 Å². The average molecular weight is 279 g/mol. The van der Waals surface area contributed by atoms with Crippen LogP contribution in [0.5, 0.6) is 0 Å². The Morgan fingerprint density at radius 1 is 1.00 bits per heavy atom. The Morgan fingerprint density at radius 3 is 2.57 bits per heavy atom. The van der Waals surface area contributed by atoms with Gasteiger partial charge in [-0.1, -0.05) is 54.1 Å². The molecule has 0 aromatic heterocycles. The maximum Gasteiger partial charge on any atom is 0.00788 e. The number of benzene rings is 2. The van der Waals surface area contributed by atoms with Gasteiger partial charge in [-0.2, -0.15) is 0 Å². The Balaban J connectivity index is 1.42. The lowest BCUT2D eigenvalue weighted by molar-refractivity contribution is 0.292. The van der Waals surface area contributed by atoms with E-state index in [0.717, 1.165) is 18.9 Å². The second-order valence-corrected chi connectivity index (χ2v) is 6.41. The molecule has 0 bridgehead atoms. The first-order chi connectivity index (χ1) is 10.2. The fourth-order valence-electron chi connectivity index (χ4n) is 3.28. The van der Waals surface area contributed by atoms with Crippen LogP contribution in [-0.2, 0) is 6.42 Å². The highest BCUT2D eigenvalue weighted by Gasteiger charge is 2.29. The molecule has 0 aliphatic heterocycles. The van der Waals surface area contributed by atoms with Crippen LogP contribution in [-0.4, -0.2) is 12.6 Å². The SMILES string of the molecule is Cc1cccc(C2CC(NCCc3ccccc3C)C2)c1. The molecule has 1 aliphatic rings. The molecule has 0 radical (unpaired) electrons. The maximum atomic E-state index is 3.71. The second kappa shape index (κ2) is 6.44. The van der Waals surface area contributed by atoms with Gasteiger partial charge < -0.3 is 5.32 Å². The highest BCUT2D eigenvalue weighted by atomic mass is 14.9. The van der Waals surface area contributed by atoms with E-state index in [4.69, 9.17) is 0 Å². The monoisotopic (exact) mass is 279 g/mol. The first kappa shape index (κ1) is 14.3. The minimum atomic E-state index is 0.708. The Morgan fingerprint density at radius 2 is 1.81 bits per heavy atom. The van der Waals surface area contributed by atoms with Gasteiger partial charge in [0.15, 0.2) is 0 Å². The second-order valence-electron chi connectivity index (χ2n) is 6.41. The van der Waals surface area contributed by atoms with Crippen LogP contribution in [0.3, 0.4) is 0 Å². The molecule has 1 N–H and O–H groups in total. The zero-order chi connectivity index (χ0) is 14.7. The van der Waals surface area contributed by atoms with Crippen molar-refractivity contribution in [2.75, 3.05) is 6.54 Å². The van der Waals surface area contributed by atoms with Gasteiger partial charge in [0.1, 0.15) is 0 Å². The molecule has 0 unspecified atom stereocenters. The van der Waals surface area contributed by atoms with Crippen LogP contribution < -0.4 is 5.32 Å². The number of hydrogen-bond acceptors (Lipinski definition) is 1. The van der Waals surface area contributed by atoms with Gasteiger partial charge in [-0.25, -0.2) is 0 Å². The molecule has 1 aliphatic carbocycles. The molecule has 0 amide bonds. The molecular weight excluding hydrogens is 254 g/mol. The summed E-state index contributed by atoms with van der Waals surface area (Å²) < 4.78 is 0. The van der Waals surface area contributed by atoms with Crippen molar-refractivity contribution in [3.63, 3.8) is 0 Å². The van der Waals surface area contributed by atoms with Gasteiger partial charge in [-0.05, 0) is 62.3 Å². The zero-order valence-corrected chi connectivity index (χ0v) is 13.1. The van der Waals surface area contributed by atoms with Crippen LogP contribution in [0.4, 0.5) is 0 Å². The Hall–Kier alpha value is -1.60. The summed E-state index contributed by atoms with van der Waals surface area (Å²) >= 11 is 0. The van der Waals surface area contributed by atoms with E-state index in [2.05, 4.69) is 67.7 Å². The average Bonchev–Trinajstić information content (AvgIpc) is 2.43. The number of rotatable bonds is 5. The van der Waals surface area contributed by atoms with Crippen molar-refractivity contribution in [3.05, 3.63) is 70.8 Å². The normalized spacial score (nSPS) is 21.0. The lowest BCUT2D eigenvalue weighted by Gasteiger charge is -2.36. The molecule has 2 aromatic carbocycles. The summed E-state index contributed by atoms with van der Waals surface area (Å²) in [5.41, 5.74) is 5.78. The summed E-state index contributed by atoms with van der Waals surface area (Å²) in [5.74, 6) is 0.765. The number of hydrogen-bond donors (Lipinski definition) is 1. The lowest BCUT2D eigenvalue weighted by atomic mass is 9.75. The number of aryl methyl sites for hydroxylation is 2. The van der Waals surface area contributed by atoms with E-state index < -0.39 is 0 Å². The fraction of sp³-hybridized carbons (Fsp3) is 0.400. The van der Waals surface area contributed by atoms with Gasteiger partial charge in [-0.15, -0.1) is 0 Å². The third kappa shape index (κ3) is 3.54. The van der Waals surface area contributed by atoms with Crippen molar-refractivity contribution in [1.29, 1.82) is 0 Å². The summed E-state index contributed by atoms with van der Waals surface area (Å²) in [6, 6.07) is 18.4. The van der Waals surface area contributed by atoms with Gasteiger partial charge in [0.05, 0.1) is 0 Å². The molecule has 2 aromatic rings. The molecule has 110 valence electrons. The molecule has 0 atom stereocenters. The van der Waals surface area contributed by atoms with Gasteiger partial charge in [-0.3, -0.25) is 0 Å². The molecule has 1 heteroatoms. The van der Waals surface area contributed by atoms with Crippen molar-refractivity contribution >= 4 is 0 Å². The van der Waals surface area contributed by atoms with E-state index in [9.17, 15) is 0 Å². The largest absolute Gasteiger partial charge is 0.314 e. The molecule has 0 heterocycles. The number of nitrogens with one attached hydrogen (secondary N) is 1. The smallest absolute Gasteiger partial charge is 0.00788 e. The quantitative estimate of drug-likeness (QED) is 0.856. The highest BCUT2D eigenvalue weighted by Crippen LogP contribution is 2.37. The van der Waals surface area contributed by atoms with Gasteiger partial charge >= 0.3 is 0 Å². The standard InChI is InChI=1S/C20H25N/c1-15-6-5-9-18(12-15)19-13-20(14-19)21-11-10-17-8-4-3-7-16(17)2/h3-9,12,19-21H,10-11,13-14H2,1-2H3. The predicted molar refractivity (Wildman–Crippen MR) is 89.8 cm³/mol. The van der Waals surface area contributed by atoms with Gasteiger partial charge in [0, 0.05) is 6.04 Å². The lowest BCUT2D eigenvalue weighted by Crippen LogP contribution is -2.41. The van der Waals surface area contributed by atoms with Crippen LogP contribution >= 0.6 is 0 Å². The summed E-state index contributed by atoms with van der Waals surface area (Å²) in [6.07, 6.45) is 3.72.